The molecule has 0 spiro atoms. The van der Waals surface area contributed by atoms with Crippen LogP contribution in [0, 0.1) is 30.5 Å². The van der Waals surface area contributed by atoms with Gasteiger partial charge in [-0.15, -0.1) is 0 Å². The maximum atomic E-state index is 13.4. The molecule has 0 saturated heterocycles. The van der Waals surface area contributed by atoms with Gasteiger partial charge >= 0.3 is 118 Å². The van der Waals surface area contributed by atoms with Crippen LogP contribution in [0.3, 0.4) is 0 Å². The molecule has 18 heavy (non-hydrogen) atoms. The van der Waals surface area contributed by atoms with Crippen molar-refractivity contribution in [2.75, 3.05) is 7.11 Å². The van der Waals surface area contributed by atoms with E-state index in [0.717, 1.165) is 30.8 Å². The Bertz CT molecular complexity index is 492. The van der Waals surface area contributed by atoms with Crippen LogP contribution in [-0.4, -0.2) is 30.2 Å². The van der Waals surface area contributed by atoms with Crippen LogP contribution < -0.4 is 9.01 Å². The van der Waals surface area contributed by atoms with Crippen LogP contribution >= 0.6 is 0 Å². The molecule has 7 heteroatoms. The van der Waals surface area contributed by atoms with Crippen molar-refractivity contribution in [2.24, 2.45) is 5.73 Å². The molecule has 1 atom stereocenters. The average Bonchev–Trinajstić information content (AvgIpc) is 2.32. The molecule has 1 rings (SSSR count). The number of carbonyl (C=O) groups excluding carboxylic acids is 1. The van der Waals surface area contributed by atoms with Crippen molar-refractivity contribution >= 4 is 15.2 Å². The molecule has 3 N–H and O–H groups in total. The van der Waals surface area contributed by atoms with Gasteiger partial charge in [-0.05, 0) is 0 Å². The second-order valence-electron chi connectivity index (χ2n) is 3.57. The van der Waals surface area contributed by atoms with Crippen molar-refractivity contribution < 1.29 is 48.5 Å². The number of benzene rings is 1. The molecule has 0 aromatic heterocycles. The van der Waals surface area contributed by atoms with Gasteiger partial charge in [-0.1, -0.05) is 0 Å². The van der Waals surface area contributed by atoms with Crippen LogP contribution in [0.4, 0.5) is 4.39 Å². The van der Waals surface area contributed by atoms with Gasteiger partial charge in [0.2, 0.25) is 0 Å². The molecule has 98 valence electrons. The number of hydrogen-bond acceptors (Lipinski definition) is 4. The third-order valence-corrected chi connectivity index (χ3v) is 4.01. The van der Waals surface area contributed by atoms with E-state index >= 15 is 0 Å². The number of esters is 1. The van der Waals surface area contributed by atoms with E-state index in [1.807, 2.05) is 0 Å². The third-order valence-electron chi connectivity index (χ3n) is 2.28. The fourth-order valence-electron chi connectivity index (χ4n) is 1.38. The van der Waals surface area contributed by atoms with E-state index in [4.69, 9.17) is 10.8 Å². The zero-order valence-electron chi connectivity index (χ0n) is 9.44. The van der Waals surface area contributed by atoms with Gasteiger partial charge in [0.1, 0.15) is 0 Å². The molecule has 0 bridgehead atoms. The predicted molar refractivity (Wildman–Crippen MR) is 56.7 cm³/mol. The van der Waals surface area contributed by atoms with Crippen LogP contribution in [0.15, 0.2) is 12.1 Å². The molecule has 0 saturated carbocycles. The SMILES string of the molecule is COC(=O)c1cc(F)cc(CC(N)C(=O)O)c1[At]. The summed E-state index contributed by atoms with van der Waals surface area (Å²) in [5, 5.41) is 8.72. The van der Waals surface area contributed by atoms with Gasteiger partial charge in [0.05, 0.1) is 0 Å². The molecule has 0 aliphatic heterocycles. The minimum absolute atomic E-state index is 0.0388. The van der Waals surface area contributed by atoms with E-state index in [0.29, 0.717) is 8.83 Å². The van der Waals surface area contributed by atoms with Gasteiger partial charge in [0, 0.05) is 0 Å². The molecule has 1 aromatic rings. The molecule has 0 heterocycles. The van der Waals surface area contributed by atoms with Crippen molar-refractivity contribution in [3.63, 3.8) is 0 Å². The Morgan fingerprint density at radius 2 is 2.17 bits per heavy atom. The number of aliphatic carboxylic acids is 1. The predicted octanol–water partition coefficient (Wildman–Crippen LogP) is -0.259. The molecule has 0 amide bonds. The number of carboxylic acids is 1. The summed E-state index contributed by atoms with van der Waals surface area (Å²) in [5.41, 5.74) is 5.90. The molecule has 0 aliphatic rings. The summed E-state index contributed by atoms with van der Waals surface area (Å²) in [6.45, 7) is 0. The Morgan fingerprint density at radius 1 is 1.56 bits per heavy atom. The van der Waals surface area contributed by atoms with Crippen molar-refractivity contribution in [1.29, 1.82) is 0 Å². The monoisotopic (exact) mass is 450 g/mol. The first kappa shape index (κ1) is 15.0. The van der Waals surface area contributed by atoms with Crippen LogP contribution in [0.5, 0.6) is 0 Å². The first-order valence-electron chi connectivity index (χ1n) is 4.91. The van der Waals surface area contributed by atoms with Gasteiger partial charge in [-0.3, -0.25) is 0 Å². The summed E-state index contributed by atoms with van der Waals surface area (Å²) < 4.78 is 18.4. The average molecular weight is 450 g/mol. The number of methoxy groups -OCH3 is 1. The second kappa shape index (κ2) is 6.20. The minimum atomic E-state index is -1.18. The third kappa shape index (κ3) is 3.46. The topological polar surface area (TPSA) is 89.6 Å². The van der Waals surface area contributed by atoms with Crippen molar-refractivity contribution in [2.45, 2.75) is 12.5 Å². The van der Waals surface area contributed by atoms with Crippen LogP contribution in [0.2, 0.25) is 0 Å². The van der Waals surface area contributed by atoms with E-state index < -0.39 is 23.8 Å². The molecule has 0 aliphatic carbocycles. The van der Waals surface area contributed by atoms with E-state index in [-0.39, 0.29) is 12.0 Å². The molecule has 1 unspecified atom stereocenters. The second-order valence-corrected chi connectivity index (χ2v) is 5.04. The van der Waals surface area contributed by atoms with Crippen LogP contribution in [0.25, 0.3) is 0 Å². The van der Waals surface area contributed by atoms with Gasteiger partial charge in [-0.25, -0.2) is 0 Å². The zero-order valence-corrected chi connectivity index (χ0v) is 12.4. The quantitative estimate of drug-likeness (QED) is 0.618. The number of rotatable bonds is 4. The van der Waals surface area contributed by atoms with Gasteiger partial charge in [0.15, 0.2) is 0 Å². The molecule has 0 radical (unpaired) electrons. The Kier molecular flexibility index (Phi) is 5.17. The van der Waals surface area contributed by atoms with Crippen molar-refractivity contribution in [3.05, 3.63) is 29.1 Å². The van der Waals surface area contributed by atoms with Gasteiger partial charge in [0.25, 0.3) is 0 Å². The maximum absolute atomic E-state index is 13.4. The van der Waals surface area contributed by atoms with E-state index in [2.05, 4.69) is 4.74 Å². The Labute approximate surface area is 118 Å². The first-order valence-corrected chi connectivity index (χ1v) is 6.38. The molecule has 0 fully saturated rings. The summed E-state index contributed by atoms with van der Waals surface area (Å²) >= 11 is 1.14. The Morgan fingerprint density at radius 3 is 2.67 bits per heavy atom. The molecular formula is C11H11AtFNO4. The number of halogens is 1. The number of ether oxygens (including phenoxy) is 1. The van der Waals surface area contributed by atoms with Crippen molar-refractivity contribution in [3.8, 4) is 0 Å². The van der Waals surface area contributed by atoms with E-state index in [1.54, 1.807) is 0 Å². The fraction of sp³-hybridized carbons (Fsp3) is 0.273. The zero-order chi connectivity index (χ0) is 13.9. The molecule has 1 aromatic carbocycles. The van der Waals surface area contributed by atoms with E-state index in [1.165, 1.54) is 13.2 Å². The van der Waals surface area contributed by atoms with Crippen molar-refractivity contribution in [1.82, 2.24) is 0 Å². The van der Waals surface area contributed by atoms with Gasteiger partial charge < -0.3 is 0 Å². The Balaban J connectivity index is 3.17. The van der Waals surface area contributed by atoms with Crippen LogP contribution in [0.1, 0.15) is 15.9 Å². The summed E-state index contributed by atoms with van der Waals surface area (Å²) in [7, 11) is 1.20. The number of hydrogen-bond donors (Lipinski definition) is 2. The summed E-state index contributed by atoms with van der Waals surface area (Å²) in [5.74, 6) is -2.45. The number of nitrogens with two attached hydrogens (primary N) is 1. The number of carboxylic acid groups (broad SMARTS) is 1. The van der Waals surface area contributed by atoms with E-state index in [9.17, 15) is 14.0 Å². The first-order chi connectivity index (χ1) is 8.36. The normalized spacial score (nSPS) is 12.0. The summed E-state index contributed by atoms with van der Waals surface area (Å²) in [6, 6.07) is 1.12. The summed E-state index contributed by atoms with van der Waals surface area (Å²) in [4.78, 5) is 22.1. The molecule has 5 nitrogen and oxygen atoms in total. The fourth-order valence-corrected chi connectivity index (χ4v) is 2.40. The summed E-state index contributed by atoms with van der Waals surface area (Å²) in [6.07, 6.45) is -0.0388. The molecular weight excluding hydrogens is 439 g/mol. The Hall–Kier alpha value is -1.07. The van der Waals surface area contributed by atoms with Gasteiger partial charge in [-0.2, -0.15) is 0 Å². The number of carbonyl (C=O) groups is 2. The standard InChI is InChI=1S/C11H11AtFNO4/c1-18-11(17)7-4-6(13)2-5(9(7)12)3-8(14)10(15)16/h2,4,8H,3,14H2,1H3,(H,15,16). The van der Waals surface area contributed by atoms with Crippen LogP contribution in [-0.2, 0) is 16.0 Å².